The first kappa shape index (κ1) is 24.0. The van der Waals surface area contributed by atoms with Gasteiger partial charge in [-0.1, -0.05) is 24.3 Å². The number of halogens is 1. The third kappa shape index (κ3) is 5.51. The fraction of sp³-hybridized carbons (Fsp3) is 0.348. The minimum absolute atomic E-state index is 0.0278. The van der Waals surface area contributed by atoms with Gasteiger partial charge in [0.25, 0.3) is 15.9 Å². The van der Waals surface area contributed by atoms with E-state index in [2.05, 4.69) is 10.6 Å². The van der Waals surface area contributed by atoms with E-state index in [1.807, 2.05) is 4.72 Å². The van der Waals surface area contributed by atoms with Crippen molar-refractivity contribution in [1.29, 1.82) is 0 Å². The second-order valence-electron chi connectivity index (χ2n) is 8.35. The van der Waals surface area contributed by atoms with Crippen molar-refractivity contribution in [3.05, 3.63) is 59.7 Å². The zero-order chi connectivity index (χ0) is 24.3. The van der Waals surface area contributed by atoms with E-state index in [9.17, 15) is 22.8 Å². The summed E-state index contributed by atoms with van der Waals surface area (Å²) in [6.07, 6.45) is 2.83. The molecule has 0 saturated heterocycles. The Morgan fingerprint density at radius 1 is 1.06 bits per heavy atom. The second-order valence-corrected chi connectivity index (χ2v) is 10.7. The number of carbonyl (C=O) groups is 3. The van der Waals surface area contributed by atoms with Crippen molar-refractivity contribution in [3.8, 4) is 0 Å². The quantitative estimate of drug-likeness (QED) is 0.539. The van der Waals surface area contributed by atoms with E-state index in [1.54, 1.807) is 30.3 Å². The van der Waals surface area contributed by atoms with E-state index in [0.29, 0.717) is 29.7 Å². The molecule has 0 atom stereocenters. The maximum absolute atomic E-state index is 13.0. The molecule has 1 aliphatic carbocycles. The molecule has 2 aromatic carbocycles. The lowest BCUT2D eigenvalue weighted by molar-refractivity contribution is -0.118. The maximum atomic E-state index is 13.0. The van der Waals surface area contributed by atoms with Crippen LogP contribution in [0.1, 0.15) is 41.6 Å². The number of nitrogens with one attached hydrogen (secondary N) is 3. The maximum Gasteiger partial charge on any atom is 0.328 e. The molecule has 1 saturated carbocycles. The molecule has 0 spiro atoms. The average molecular weight is 505 g/mol. The van der Waals surface area contributed by atoms with Crippen LogP contribution in [0.25, 0.3) is 0 Å². The number of hydrogen-bond donors (Lipinski definition) is 3. The van der Waals surface area contributed by atoms with Gasteiger partial charge in [-0.05, 0) is 55.5 Å². The van der Waals surface area contributed by atoms with Crippen LogP contribution in [-0.4, -0.2) is 44.4 Å². The van der Waals surface area contributed by atoms with Crippen LogP contribution in [0.5, 0.6) is 0 Å². The number of nitrogens with zero attached hydrogens (tertiary/aromatic N) is 1. The Morgan fingerprint density at radius 3 is 2.56 bits per heavy atom. The first-order valence-electron chi connectivity index (χ1n) is 11.0. The molecule has 2 aromatic rings. The molecule has 0 radical (unpaired) electrons. The number of alkyl halides is 1. The van der Waals surface area contributed by atoms with Crippen LogP contribution in [0, 0.1) is 0 Å². The number of sulfonamides is 1. The lowest BCUT2D eigenvalue weighted by atomic mass is 9.95. The van der Waals surface area contributed by atoms with Crippen molar-refractivity contribution in [2.45, 2.75) is 48.4 Å². The van der Waals surface area contributed by atoms with Crippen molar-refractivity contribution >= 4 is 45.2 Å². The zero-order valence-corrected chi connectivity index (χ0v) is 19.9. The summed E-state index contributed by atoms with van der Waals surface area (Å²) >= 11 is 6.07. The number of urea groups is 1. The largest absolute Gasteiger partial charge is 0.335 e. The molecule has 11 heteroatoms. The van der Waals surface area contributed by atoms with Crippen LogP contribution >= 0.6 is 11.6 Å². The molecule has 9 nitrogen and oxygen atoms in total. The molecule has 4 rings (SSSR count). The van der Waals surface area contributed by atoms with Crippen LogP contribution in [0.2, 0.25) is 0 Å². The summed E-state index contributed by atoms with van der Waals surface area (Å²) in [5.74, 6) is -0.560. The summed E-state index contributed by atoms with van der Waals surface area (Å²) in [6, 6.07) is 11.7. The van der Waals surface area contributed by atoms with Crippen LogP contribution in [-0.2, 0) is 21.2 Å². The van der Waals surface area contributed by atoms with E-state index in [4.69, 9.17) is 11.6 Å². The van der Waals surface area contributed by atoms with Gasteiger partial charge in [-0.15, -0.1) is 11.6 Å². The highest BCUT2D eigenvalue weighted by molar-refractivity contribution is 7.90. The molecule has 3 N–H and O–H groups in total. The SMILES string of the molecule is O=C(NC1CCC(Cl)CC1)NS(=O)(=O)c1cccc(CC(=O)N2CNC(=O)c3ccccc32)c1. The Kier molecular flexibility index (Phi) is 7.08. The highest BCUT2D eigenvalue weighted by Gasteiger charge is 2.27. The van der Waals surface area contributed by atoms with Gasteiger partial charge in [-0.25, -0.2) is 17.9 Å². The fourth-order valence-corrected chi connectivity index (χ4v) is 5.38. The van der Waals surface area contributed by atoms with Gasteiger partial charge in [0.05, 0.1) is 29.2 Å². The molecular weight excluding hydrogens is 480 g/mol. The number of para-hydroxylation sites is 1. The predicted octanol–water partition coefficient (Wildman–Crippen LogP) is 2.50. The van der Waals surface area contributed by atoms with Crippen molar-refractivity contribution in [2.75, 3.05) is 11.6 Å². The Morgan fingerprint density at radius 2 is 1.79 bits per heavy atom. The number of rotatable bonds is 5. The normalized spacial score (nSPS) is 20.1. The second kappa shape index (κ2) is 10.0. The minimum atomic E-state index is -4.13. The van der Waals surface area contributed by atoms with Gasteiger partial charge in [0.2, 0.25) is 5.91 Å². The molecule has 180 valence electrons. The van der Waals surface area contributed by atoms with Crippen LogP contribution in [0.3, 0.4) is 0 Å². The number of anilines is 1. The number of carbonyl (C=O) groups excluding carboxylic acids is 3. The predicted molar refractivity (Wildman–Crippen MR) is 127 cm³/mol. The van der Waals surface area contributed by atoms with Gasteiger partial charge >= 0.3 is 6.03 Å². The molecule has 1 heterocycles. The lowest BCUT2D eigenvalue weighted by Crippen LogP contribution is -2.47. The Balaban J connectivity index is 1.42. The highest BCUT2D eigenvalue weighted by atomic mass is 35.5. The minimum Gasteiger partial charge on any atom is -0.335 e. The molecule has 4 amide bonds. The molecule has 1 fully saturated rings. The first-order valence-corrected chi connectivity index (χ1v) is 12.9. The van der Waals surface area contributed by atoms with E-state index in [-0.39, 0.29) is 41.2 Å². The summed E-state index contributed by atoms with van der Waals surface area (Å²) in [7, 11) is -4.13. The van der Waals surface area contributed by atoms with Crippen LogP contribution in [0.15, 0.2) is 53.4 Å². The lowest BCUT2D eigenvalue weighted by Gasteiger charge is -2.29. The number of fused-ring (bicyclic) bond motifs is 1. The molecule has 2 aliphatic rings. The van der Waals surface area contributed by atoms with Crippen molar-refractivity contribution in [2.24, 2.45) is 0 Å². The summed E-state index contributed by atoms with van der Waals surface area (Å²) in [5.41, 5.74) is 1.36. The Hall–Kier alpha value is -3.11. The standard InChI is InChI=1S/C23H25ClN4O5S/c24-16-8-10-17(11-9-16)26-23(31)27-34(32,33)18-5-3-4-15(12-18)13-21(29)28-14-25-22(30)19-6-1-2-7-20(19)28/h1-7,12,16-17H,8-11,13-14H2,(H,25,30)(H2,26,27,31). The molecule has 34 heavy (non-hydrogen) atoms. The Labute approximate surface area is 202 Å². The van der Waals surface area contributed by atoms with E-state index >= 15 is 0 Å². The van der Waals surface area contributed by atoms with E-state index < -0.39 is 16.1 Å². The smallest absolute Gasteiger partial charge is 0.328 e. The van der Waals surface area contributed by atoms with Gasteiger partial charge in [0, 0.05) is 11.4 Å². The molecule has 0 aromatic heterocycles. The van der Waals surface area contributed by atoms with Gasteiger partial charge < -0.3 is 10.6 Å². The summed E-state index contributed by atoms with van der Waals surface area (Å²) in [6.45, 7) is 0.0278. The summed E-state index contributed by atoms with van der Waals surface area (Å²) in [5, 5.41) is 5.43. The first-order chi connectivity index (χ1) is 16.2. The average Bonchev–Trinajstić information content (AvgIpc) is 2.81. The van der Waals surface area contributed by atoms with Crippen molar-refractivity contribution in [1.82, 2.24) is 15.4 Å². The molecule has 0 bridgehead atoms. The van der Waals surface area contributed by atoms with Gasteiger partial charge in [-0.2, -0.15) is 0 Å². The van der Waals surface area contributed by atoms with Crippen LogP contribution < -0.4 is 20.3 Å². The zero-order valence-electron chi connectivity index (χ0n) is 18.3. The van der Waals surface area contributed by atoms with E-state index in [1.165, 1.54) is 23.1 Å². The van der Waals surface area contributed by atoms with Crippen molar-refractivity contribution < 1.29 is 22.8 Å². The summed E-state index contributed by atoms with van der Waals surface area (Å²) in [4.78, 5) is 38.6. The topological polar surface area (TPSA) is 125 Å². The van der Waals surface area contributed by atoms with Crippen LogP contribution in [0.4, 0.5) is 10.5 Å². The van der Waals surface area contributed by atoms with Gasteiger partial charge in [0.15, 0.2) is 0 Å². The molecule has 1 aliphatic heterocycles. The highest BCUT2D eigenvalue weighted by Crippen LogP contribution is 2.25. The third-order valence-corrected chi connectivity index (χ3v) is 7.69. The van der Waals surface area contributed by atoms with Gasteiger partial charge in [0.1, 0.15) is 0 Å². The number of hydrogen-bond acceptors (Lipinski definition) is 5. The molecule has 0 unspecified atom stereocenters. The molecular formula is C23H25ClN4O5S. The van der Waals surface area contributed by atoms with Crippen molar-refractivity contribution in [3.63, 3.8) is 0 Å². The Bertz CT molecular complexity index is 1210. The van der Waals surface area contributed by atoms with E-state index in [0.717, 1.165) is 12.8 Å². The van der Waals surface area contributed by atoms with Gasteiger partial charge in [-0.3, -0.25) is 14.5 Å². The fourth-order valence-electron chi connectivity index (χ4n) is 4.14. The number of benzene rings is 2. The number of amides is 4. The summed E-state index contributed by atoms with van der Waals surface area (Å²) < 4.78 is 27.5. The third-order valence-electron chi connectivity index (χ3n) is 5.92. The monoisotopic (exact) mass is 504 g/mol.